The van der Waals surface area contributed by atoms with Crippen molar-refractivity contribution < 1.29 is 9.21 Å². The van der Waals surface area contributed by atoms with Gasteiger partial charge in [0.1, 0.15) is 23.2 Å². The first-order valence-electron chi connectivity index (χ1n) is 9.59. The molecular weight excluding hydrogens is 501 g/mol. The molecule has 0 aliphatic heterocycles. The van der Waals surface area contributed by atoms with E-state index in [0.717, 1.165) is 16.0 Å². The smallest absolute Gasteiger partial charge is 0.268 e. The second-order valence-electron chi connectivity index (χ2n) is 6.89. The molecule has 0 unspecified atom stereocenters. The Bertz CT molecular complexity index is 1400. The summed E-state index contributed by atoms with van der Waals surface area (Å²) in [5.41, 5.74) is 1.65. The molecule has 4 rings (SSSR count). The van der Waals surface area contributed by atoms with Gasteiger partial charge in [-0.2, -0.15) is 5.26 Å². The lowest BCUT2D eigenvalue weighted by Crippen LogP contribution is -2.13. The largest absolute Gasteiger partial charge is 0.457 e. The number of thiazole rings is 1. The number of nitrogens with zero attached hydrogens (tertiary/aromatic N) is 2. The second kappa shape index (κ2) is 10.2. The van der Waals surface area contributed by atoms with Crippen LogP contribution in [0.3, 0.4) is 0 Å². The van der Waals surface area contributed by atoms with Crippen molar-refractivity contribution in [3.8, 4) is 17.4 Å². The van der Waals surface area contributed by atoms with Crippen molar-refractivity contribution in [2.45, 2.75) is 6.42 Å². The fourth-order valence-electron chi connectivity index (χ4n) is 2.99. The van der Waals surface area contributed by atoms with Crippen LogP contribution in [0.5, 0.6) is 0 Å². The molecule has 0 radical (unpaired) electrons. The van der Waals surface area contributed by atoms with Crippen molar-refractivity contribution >= 4 is 63.3 Å². The molecule has 5 nitrogen and oxygen atoms in total. The van der Waals surface area contributed by atoms with Crippen molar-refractivity contribution in [1.82, 2.24) is 4.98 Å². The first kappa shape index (κ1) is 23.1. The average molecular weight is 515 g/mol. The van der Waals surface area contributed by atoms with Gasteiger partial charge in [0.2, 0.25) is 0 Å². The maximum atomic E-state index is 12.6. The van der Waals surface area contributed by atoms with Crippen LogP contribution in [0.1, 0.15) is 16.2 Å². The molecule has 0 spiro atoms. The number of benzene rings is 2. The Balaban J connectivity index is 1.45. The summed E-state index contributed by atoms with van der Waals surface area (Å²) in [6, 6.07) is 17.9. The van der Waals surface area contributed by atoms with Gasteiger partial charge in [0.15, 0.2) is 5.13 Å². The van der Waals surface area contributed by atoms with Crippen LogP contribution in [0, 0.1) is 11.3 Å². The summed E-state index contributed by atoms with van der Waals surface area (Å²) in [6.07, 6.45) is 3.70. The predicted molar refractivity (Wildman–Crippen MR) is 133 cm³/mol. The molecule has 164 valence electrons. The number of hydrogen-bond acceptors (Lipinski definition) is 5. The highest BCUT2D eigenvalue weighted by atomic mass is 35.5. The minimum absolute atomic E-state index is 0.114. The summed E-state index contributed by atoms with van der Waals surface area (Å²) >= 11 is 19.4. The average Bonchev–Trinajstić information content (AvgIpc) is 3.43. The van der Waals surface area contributed by atoms with Gasteiger partial charge in [0.25, 0.3) is 5.91 Å². The van der Waals surface area contributed by atoms with Gasteiger partial charge in [-0.1, -0.05) is 46.9 Å². The van der Waals surface area contributed by atoms with E-state index in [0.29, 0.717) is 38.1 Å². The molecule has 9 heteroatoms. The Morgan fingerprint density at radius 1 is 1.12 bits per heavy atom. The maximum absolute atomic E-state index is 12.6. The quantitative estimate of drug-likeness (QED) is 0.213. The van der Waals surface area contributed by atoms with Gasteiger partial charge in [-0.25, -0.2) is 4.98 Å². The molecule has 1 N–H and O–H groups in total. The SMILES string of the molecule is N#C/C(=C\c1ccc(-c2ccc(Cl)c(Cl)c2)o1)C(=O)Nc1ncc(Cc2cccc(Cl)c2)s1. The molecule has 0 aliphatic carbocycles. The second-order valence-corrected chi connectivity index (χ2v) is 9.26. The van der Waals surface area contributed by atoms with E-state index in [1.165, 1.54) is 17.4 Å². The molecule has 2 heterocycles. The number of rotatable bonds is 6. The normalized spacial score (nSPS) is 11.3. The molecule has 0 bridgehead atoms. The number of halogens is 3. The Hall–Kier alpha value is -3.08. The van der Waals surface area contributed by atoms with E-state index < -0.39 is 5.91 Å². The van der Waals surface area contributed by atoms with E-state index in [4.69, 9.17) is 39.2 Å². The first-order valence-corrected chi connectivity index (χ1v) is 11.5. The first-order chi connectivity index (χ1) is 15.9. The molecule has 0 atom stereocenters. The van der Waals surface area contributed by atoms with Crippen molar-refractivity contribution in [3.63, 3.8) is 0 Å². The topological polar surface area (TPSA) is 78.9 Å². The van der Waals surface area contributed by atoms with Crippen molar-refractivity contribution in [3.05, 3.63) is 97.6 Å². The third-order valence-corrected chi connectivity index (χ3v) is 6.41. The Morgan fingerprint density at radius 3 is 2.73 bits per heavy atom. The fraction of sp³-hybridized carbons (Fsp3) is 0.0417. The molecule has 33 heavy (non-hydrogen) atoms. The Labute approximate surface area is 208 Å². The number of hydrogen-bond donors (Lipinski definition) is 1. The summed E-state index contributed by atoms with van der Waals surface area (Å²) in [4.78, 5) is 17.8. The third kappa shape index (κ3) is 5.84. The molecular formula is C24H14Cl3N3O2S. The number of carbonyl (C=O) groups excluding carboxylic acids is 1. The van der Waals surface area contributed by atoms with Gasteiger partial charge in [0.05, 0.1) is 10.0 Å². The number of amides is 1. The van der Waals surface area contributed by atoms with Crippen LogP contribution in [0.4, 0.5) is 5.13 Å². The van der Waals surface area contributed by atoms with Gasteiger partial charge < -0.3 is 4.42 Å². The summed E-state index contributed by atoms with van der Waals surface area (Å²) < 4.78 is 5.74. The highest BCUT2D eigenvalue weighted by Crippen LogP contribution is 2.30. The lowest BCUT2D eigenvalue weighted by Gasteiger charge is -2.01. The third-order valence-electron chi connectivity index (χ3n) is 4.52. The number of aromatic nitrogens is 1. The van der Waals surface area contributed by atoms with Crippen molar-refractivity contribution in [2.24, 2.45) is 0 Å². The minimum Gasteiger partial charge on any atom is -0.457 e. The summed E-state index contributed by atoms with van der Waals surface area (Å²) in [5.74, 6) is 0.306. The monoisotopic (exact) mass is 513 g/mol. The summed E-state index contributed by atoms with van der Waals surface area (Å²) in [7, 11) is 0. The zero-order chi connectivity index (χ0) is 23.4. The standard InChI is InChI=1S/C24H14Cl3N3O2S/c25-17-3-1-2-14(8-17)9-19-13-29-24(33-19)30-23(31)16(12-28)10-18-5-7-22(32-18)15-4-6-20(26)21(27)11-15/h1-8,10-11,13H,9H2,(H,29,30,31)/b16-10+. The van der Waals surface area contributed by atoms with Gasteiger partial charge >= 0.3 is 0 Å². The highest BCUT2D eigenvalue weighted by Gasteiger charge is 2.14. The number of furan rings is 1. The predicted octanol–water partition coefficient (Wildman–Crippen LogP) is 7.50. The number of nitriles is 1. The molecule has 1 amide bonds. The van der Waals surface area contributed by atoms with Crippen LogP contribution in [0.25, 0.3) is 17.4 Å². The molecule has 0 aliphatic rings. The minimum atomic E-state index is -0.575. The van der Waals surface area contributed by atoms with E-state index in [9.17, 15) is 10.1 Å². The van der Waals surface area contributed by atoms with Crippen LogP contribution in [-0.2, 0) is 11.2 Å². The van der Waals surface area contributed by atoms with Crippen molar-refractivity contribution in [1.29, 1.82) is 5.26 Å². The lowest BCUT2D eigenvalue weighted by atomic mass is 10.1. The molecule has 0 fully saturated rings. The molecule has 2 aromatic heterocycles. The molecule has 0 saturated heterocycles. The fourth-order valence-corrected chi connectivity index (χ4v) is 4.34. The van der Waals surface area contributed by atoms with E-state index >= 15 is 0 Å². The van der Waals surface area contributed by atoms with Gasteiger partial charge in [-0.15, -0.1) is 11.3 Å². The van der Waals surface area contributed by atoms with E-state index in [-0.39, 0.29) is 5.57 Å². The van der Waals surface area contributed by atoms with Crippen LogP contribution < -0.4 is 5.32 Å². The van der Waals surface area contributed by atoms with Crippen LogP contribution in [0.15, 0.2) is 70.8 Å². The lowest BCUT2D eigenvalue weighted by molar-refractivity contribution is -0.112. The molecule has 4 aromatic rings. The zero-order valence-electron chi connectivity index (χ0n) is 16.8. The van der Waals surface area contributed by atoms with Gasteiger partial charge in [-0.05, 0) is 48.0 Å². The van der Waals surface area contributed by atoms with E-state index in [1.54, 1.807) is 36.5 Å². The zero-order valence-corrected chi connectivity index (χ0v) is 19.9. The van der Waals surface area contributed by atoms with Crippen LogP contribution >= 0.6 is 46.1 Å². The van der Waals surface area contributed by atoms with Gasteiger partial charge in [0, 0.05) is 34.2 Å². The highest BCUT2D eigenvalue weighted by molar-refractivity contribution is 7.15. The van der Waals surface area contributed by atoms with Gasteiger partial charge in [-0.3, -0.25) is 10.1 Å². The molecule has 0 saturated carbocycles. The molecule has 2 aromatic carbocycles. The summed E-state index contributed by atoms with van der Waals surface area (Å²) in [6.45, 7) is 0. The summed E-state index contributed by atoms with van der Waals surface area (Å²) in [5, 5.41) is 14.0. The van der Waals surface area contributed by atoms with E-state index in [1.807, 2.05) is 30.3 Å². The maximum Gasteiger partial charge on any atom is 0.268 e. The van der Waals surface area contributed by atoms with Crippen molar-refractivity contribution in [2.75, 3.05) is 5.32 Å². The van der Waals surface area contributed by atoms with Crippen LogP contribution in [0.2, 0.25) is 15.1 Å². The van der Waals surface area contributed by atoms with Crippen LogP contribution in [-0.4, -0.2) is 10.9 Å². The Kier molecular flexibility index (Phi) is 7.17. The Morgan fingerprint density at radius 2 is 1.97 bits per heavy atom. The number of carbonyl (C=O) groups is 1. The number of anilines is 1. The number of nitrogens with one attached hydrogen (secondary N) is 1. The van der Waals surface area contributed by atoms with E-state index in [2.05, 4.69) is 10.3 Å².